The van der Waals surface area contributed by atoms with Crippen molar-refractivity contribution < 1.29 is 44.8 Å². The highest BCUT2D eigenvalue weighted by Crippen LogP contribution is 2.29. The molecule has 190 valence electrons. The van der Waals surface area contributed by atoms with Crippen molar-refractivity contribution in [2.45, 2.75) is 9.79 Å². The van der Waals surface area contributed by atoms with E-state index in [0.717, 1.165) is 18.2 Å². The number of hydrogen-bond acceptors (Lipinski definition) is 8. The predicted octanol–water partition coefficient (Wildman–Crippen LogP) is 3.38. The Bertz CT molecular complexity index is 1520. The minimum atomic E-state index is -4.43. The van der Waals surface area contributed by atoms with Crippen molar-refractivity contribution in [2.24, 2.45) is 0 Å². The lowest BCUT2D eigenvalue weighted by molar-refractivity contribution is -0.136. The van der Waals surface area contributed by atoms with Crippen LogP contribution in [-0.2, 0) is 24.9 Å². The number of ether oxygens (including phenoxy) is 2. The fourth-order valence-electron chi connectivity index (χ4n) is 2.72. The van der Waals surface area contributed by atoms with Crippen LogP contribution in [0.25, 0.3) is 0 Å². The number of sulfonamides is 1. The lowest BCUT2D eigenvalue weighted by atomic mass is 10.2. The van der Waals surface area contributed by atoms with Crippen LogP contribution < -0.4 is 14.2 Å². The van der Waals surface area contributed by atoms with Gasteiger partial charge >= 0.3 is 5.97 Å². The molecule has 0 aromatic heterocycles. The monoisotopic (exact) mass is 761 g/mol. The zero-order valence-electron chi connectivity index (χ0n) is 17.6. The second-order valence-electron chi connectivity index (χ2n) is 6.87. The van der Waals surface area contributed by atoms with Crippen LogP contribution in [0.15, 0.2) is 70.5 Å². The number of carbonyl (C=O) groups excluding carboxylic acids is 2. The molecule has 0 saturated heterocycles. The molecule has 3 aromatic rings. The van der Waals surface area contributed by atoms with Crippen molar-refractivity contribution in [2.75, 3.05) is 6.61 Å². The molecule has 0 fully saturated rings. The Morgan fingerprint density at radius 2 is 1.53 bits per heavy atom. The van der Waals surface area contributed by atoms with Gasteiger partial charge in [-0.05, 0) is 99.8 Å². The molecule has 2 N–H and O–H groups in total. The molecule has 10 nitrogen and oxygen atoms in total. The fourth-order valence-corrected chi connectivity index (χ4v) is 7.71. The first-order valence-electron chi connectivity index (χ1n) is 9.49. The summed E-state index contributed by atoms with van der Waals surface area (Å²) in [7, 11) is -8.73. The zero-order chi connectivity index (χ0) is 26.7. The van der Waals surface area contributed by atoms with Gasteiger partial charge in [-0.25, -0.2) is 22.3 Å². The minimum Gasteiger partial charge on any atom is -0.482 e. The molecule has 0 radical (unpaired) electrons. The number of amides is 1. The summed E-state index contributed by atoms with van der Waals surface area (Å²) in [5.41, 5.74) is -0.0610. The Balaban J connectivity index is 1.60. The Morgan fingerprint density at radius 1 is 0.917 bits per heavy atom. The molecular weight excluding hydrogens is 747 g/mol. The van der Waals surface area contributed by atoms with Crippen LogP contribution in [-0.4, -0.2) is 39.9 Å². The van der Waals surface area contributed by atoms with E-state index in [1.807, 2.05) is 4.72 Å². The lowest BCUT2D eigenvalue weighted by Crippen LogP contribution is -2.30. The van der Waals surface area contributed by atoms with Gasteiger partial charge < -0.3 is 9.47 Å². The molecule has 1 amide bonds. The van der Waals surface area contributed by atoms with Gasteiger partial charge in [0.15, 0.2) is 6.61 Å². The molecule has 0 bridgehead atoms. The summed E-state index contributed by atoms with van der Waals surface area (Å²) in [6.07, 6.45) is 0. The van der Waals surface area contributed by atoms with Crippen molar-refractivity contribution in [3.05, 3.63) is 79.2 Å². The number of rotatable bonds is 8. The standard InChI is InChI=1S/C21H14FI2NO9S2/c22-13-2-1-3-16(8-13)35(28,29)25-21(27)12-4-6-14(7-5-12)34-19(26)11-33-15-9-17(23)20(18(24)10-15)36(30,31)32/h1-10H,11H2,(H,25,27)(H,30,31,32). The van der Waals surface area contributed by atoms with Gasteiger partial charge in [-0.3, -0.25) is 9.35 Å². The quantitative estimate of drug-likeness (QED) is 0.152. The summed E-state index contributed by atoms with van der Waals surface area (Å²) in [4.78, 5) is 23.7. The van der Waals surface area contributed by atoms with Gasteiger partial charge in [-0.2, -0.15) is 8.42 Å². The fraction of sp³-hybridized carbons (Fsp3) is 0.0476. The van der Waals surface area contributed by atoms with E-state index in [1.54, 1.807) is 45.2 Å². The van der Waals surface area contributed by atoms with Crippen molar-refractivity contribution >= 4 is 77.2 Å². The normalized spacial score (nSPS) is 11.6. The summed E-state index contributed by atoms with van der Waals surface area (Å²) in [5.74, 6) is -2.36. The maximum atomic E-state index is 13.3. The maximum Gasteiger partial charge on any atom is 0.349 e. The van der Waals surface area contributed by atoms with Crippen LogP contribution in [0.5, 0.6) is 11.5 Å². The van der Waals surface area contributed by atoms with Crippen molar-refractivity contribution in [1.82, 2.24) is 4.72 Å². The Kier molecular flexibility index (Phi) is 8.91. The first-order chi connectivity index (χ1) is 16.8. The zero-order valence-corrected chi connectivity index (χ0v) is 23.6. The van der Waals surface area contributed by atoms with Crippen LogP contribution in [0, 0.1) is 13.0 Å². The second-order valence-corrected chi connectivity index (χ2v) is 12.2. The largest absolute Gasteiger partial charge is 0.482 e. The van der Waals surface area contributed by atoms with Gasteiger partial charge in [0.05, 0.1) is 4.90 Å². The highest BCUT2D eigenvalue weighted by atomic mass is 127. The molecule has 36 heavy (non-hydrogen) atoms. The minimum absolute atomic E-state index is 0.0408. The van der Waals surface area contributed by atoms with Gasteiger partial charge in [0.25, 0.3) is 26.0 Å². The third-order valence-electron chi connectivity index (χ3n) is 4.27. The lowest BCUT2D eigenvalue weighted by Gasteiger charge is -2.10. The molecule has 0 aliphatic heterocycles. The van der Waals surface area contributed by atoms with E-state index in [2.05, 4.69) is 0 Å². The number of benzene rings is 3. The van der Waals surface area contributed by atoms with Gasteiger partial charge in [-0.15, -0.1) is 0 Å². The summed E-state index contributed by atoms with van der Waals surface area (Å²) in [6, 6.07) is 11.8. The molecule has 0 atom stereocenters. The molecule has 0 aliphatic carbocycles. The van der Waals surface area contributed by atoms with Gasteiger partial charge in [0, 0.05) is 12.7 Å². The summed E-state index contributed by atoms with van der Waals surface area (Å²) < 4.78 is 82.6. The average molecular weight is 761 g/mol. The third-order valence-corrected chi connectivity index (χ3v) is 8.99. The van der Waals surface area contributed by atoms with Gasteiger partial charge in [0.1, 0.15) is 22.2 Å². The summed E-state index contributed by atoms with van der Waals surface area (Å²) >= 11 is 3.41. The molecule has 0 aliphatic rings. The second kappa shape index (κ2) is 11.4. The highest BCUT2D eigenvalue weighted by molar-refractivity contribution is 14.1. The third kappa shape index (κ3) is 7.34. The molecule has 3 aromatic carbocycles. The number of carbonyl (C=O) groups is 2. The Hall–Kier alpha value is -2.35. The van der Waals surface area contributed by atoms with E-state index < -0.39 is 49.3 Å². The van der Waals surface area contributed by atoms with E-state index in [4.69, 9.17) is 9.47 Å². The SMILES string of the molecule is O=C(COc1cc(I)c(S(=O)(=O)O)c(I)c1)Oc1ccc(C(=O)NS(=O)(=O)c2cccc(F)c2)cc1. The van der Waals surface area contributed by atoms with Gasteiger partial charge in [-0.1, -0.05) is 6.07 Å². The number of nitrogens with one attached hydrogen (secondary N) is 1. The molecular formula is C21H14FI2NO9S2. The van der Waals surface area contributed by atoms with E-state index in [1.165, 1.54) is 42.5 Å². The van der Waals surface area contributed by atoms with E-state index in [9.17, 15) is 35.4 Å². The van der Waals surface area contributed by atoms with E-state index >= 15 is 0 Å². The topological polar surface area (TPSA) is 153 Å². The summed E-state index contributed by atoms with van der Waals surface area (Å²) in [5, 5.41) is 0. The Labute approximate surface area is 232 Å². The first kappa shape index (κ1) is 28.2. The molecule has 0 unspecified atom stereocenters. The highest BCUT2D eigenvalue weighted by Gasteiger charge is 2.21. The Morgan fingerprint density at radius 3 is 2.08 bits per heavy atom. The number of hydrogen-bond donors (Lipinski definition) is 2. The molecule has 0 heterocycles. The maximum absolute atomic E-state index is 13.3. The van der Waals surface area contributed by atoms with Crippen molar-refractivity contribution in [3.8, 4) is 11.5 Å². The number of esters is 1. The summed E-state index contributed by atoms with van der Waals surface area (Å²) in [6.45, 7) is -0.536. The molecule has 3 rings (SSSR count). The smallest absolute Gasteiger partial charge is 0.349 e. The number of halogens is 3. The predicted molar refractivity (Wildman–Crippen MR) is 140 cm³/mol. The van der Waals surface area contributed by atoms with Crippen LogP contribution in [0.1, 0.15) is 10.4 Å². The van der Waals surface area contributed by atoms with E-state index in [-0.39, 0.29) is 29.1 Å². The molecule has 15 heteroatoms. The van der Waals surface area contributed by atoms with Crippen LogP contribution in [0.3, 0.4) is 0 Å². The van der Waals surface area contributed by atoms with Crippen LogP contribution in [0.4, 0.5) is 4.39 Å². The van der Waals surface area contributed by atoms with Crippen LogP contribution >= 0.6 is 45.2 Å². The first-order valence-corrected chi connectivity index (χ1v) is 14.6. The van der Waals surface area contributed by atoms with E-state index in [0.29, 0.717) is 0 Å². The van der Waals surface area contributed by atoms with Crippen molar-refractivity contribution in [1.29, 1.82) is 0 Å². The molecule has 0 spiro atoms. The van der Waals surface area contributed by atoms with Gasteiger partial charge in [0.2, 0.25) is 0 Å². The van der Waals surface area contributed by atoms with Crippen LogP contribution in [0.2, 0.25) is 0 Å². The van der Waals surface area contributed by atoms with Crippen molar-refractivity contribution in [3.63, 3.8) is 0 Å². The average Bonchev–Trinajstić information content (AvgIpc) is 2.76. The molecule has 0 saturated carbocycles.